The maximum atomic E-state index is 11.2. The zero-order valence-corrected chi connectivity index (χ0v) is 10.4. The largest absolute Gasteiger partial charge is 0.298 e. The van der Waals surface area contributed by atoms with Gasteiger partial charge < -0.3 is 0 Å². The van der Waals surface area contributed by atoms with E-state index in [-0.39, 0.29) is 10.6 Å². The van der Waals surface area contributed by atoms with E-state index in [0.29, 0.717) is 5.56 Å². The standard InChI is InChI=1S/C12H13BrO2/c1-3-9-4-5-11(10(6-9)7-14)12(13)8(2)15/h4-7,12H,3H2,1-2H3. The van der Waals surface area contributed by atoms with Gasteiger partial charge in [0.15, 0.2) is 0 Å². The molecule has 1 aromatic rings. The van der Waals surface area contributed by atoms with E-state index in [4.69, 9.17) is 0 Å². The molecule has 2 nitrogen and oxygen atoms in total. The molecular weight excluding hydrogens is 256 g/mol. The first kappa shape index (κ1) is 12.1. The second kappa shape index (κ2) is 5.21. The third-order valence-electron chi connectivity index (χ3n) is 2.32. The summed E-state index contributed by atoms with van der Waals surface area (Å²) in [5, 5.41) is 0. The van der Waals surface area contributed by atoms with Crippen molar-refractivity contribution in [1.29, 1.82) is 0 Å². The van der Waals surface area contributed by atoms with E-state index >= 15 is 0 Å². The first-order valence-corrected chi connectivity index (χ1v) is 5.74. The van der Waals surface area contributed by atoms with Crippen LogP contribution in [0.15, 0.2) is 18.2 Å². The highest BCUT2D eigenvalue weighted by molar-refractivity contribution is 9.09. The highest BCUT2D eigenvalue weighted by Crippen LogP contribution is 2.26. The van der Waals surface area contributed by atoms with Gasteiger partial charge in [0.05, 0.1) is 4.83 Å². The van der Waals surface area contributed by atoms with Gasteiger partial charge in [0.2, 0.25) is 0 Å². The van der Waals surface area contributed by atoms with Crippen molar-refractivity contribution in [2.24, 2.45) is 0 Å². The summed E-state index contributed by atoms with van der Waals surface area (Å²) in [4.78, 5) is 21.7. The summed E-state index contributed by atoms with van der Waals surface area (Å²) in [6, 6.07) is 5.61. The van der Waals surface area contributed by atoms with Gasteiger partial charge in [0.25, 0.3) is 0 Å². The highest BCUT2D eigenvalue weighted by atomic mass is 79.9. The fourth-order valence-electron chi connectivity index (χ4n) is 1.40. The SMILES string of the molecule is CCc1ccc(C(Br)C(C)=O)c(C=O)c1. The number of benzene rings is 1. The van der Waals surface area contributed by atoms with Crippen molar-refractivity contribution in [2.45, 2.75) is 25.1 Å². The number of rotatable bonds is 4. The molecule has 0 aliphatic carbocycles. The number of hydrogen-bond donors (Lipinski definition) is 0. The second-order valence-electron chi connectivity index (χ2n) is 3.41. The Morgan fingerprint density at radius 1 is 1.53 bits per heavy atom. The Morgan fingerprint density at radius 3 is 2.67 bits per heavy atom. The van der Waals surface area contributed by atoms with Crippen LogP contribution in [0.25, 0.3) is 0 Å². The molecule has 0 aliphatic heterocycles. The van der Waals surface area contributed by atoms with Crippen LogP contribution >= 0.6 is 15.9 Å². The molecule has 0 aliphatic rings. The first-order valence-electron chi connectivity index (χ1n) is 4.82. The third-order valence-corrected chi connectivity index (χ3v) is 3.45. The molecule has 0 fully saturated rings. The van der Waals surface area contributed by atoms with Gasteiger partial charge in [0.1, 0.15) is 12.1 Å². The van der Waals surface area contributed by atoms with Gasteiger partial charge in [-0.1, -0.05) is 35.0 Å². The molecule has 1 atom stereocenters. The Kier molecular flexibility index (Phi) is 4.21. The molecule has 0 aromatic heterocycles. The lowest BCUT2D eigenvalue weighted by Crippen LogP contribution is -2.05. The fraction of sp³-hybridized carbons (Fsp3) is 0.333. The average Bonchev–Trinajstić information content (AvgIpc) is 2.27. The zero-order valence-electron chi connectivity index (χ0n) is 8.79. The Labute approximate surface area is 97.8 Å². The average molecular weight is 269 g/mol. The molecule has 0 radical (unpaired) electrons. The molecule has 0 saturated carbocycles. The van der Waals surface area contributed by atoms with E-state index in [0.717, 1.165) is 23.8 Å². The maximum absolute atomic E-state index is 11.2. The minimum atomic E-state index is -0.386. The number of alkyl halides is 1. The van der Waals surface area contributed by atoms with E-state index in [9.17, 15) is 9.59 Å². The molecule has 0 N–H and O–H groups in total. The smallest absolute Gasteiger partial charge is 0.150 e. The van der Waals surface area contributed by atoms with Crippen LogP contribution in [0.3, 0.4) is 0 Å². The number of hydrogen-bond acceptors (Lipinski definition) is 2. The van der Waals surface area contributed by atoms with Crippen molar-refractivity contribution in [1.82, 2.24) is 0 Å². The van der Waals surface area contributed by atoms with Gasteiger partial charge in [-0.15, -0.1) is 0 Å². The van der Waals surface area contributed by atoms with Crippen molar-refractivity contribution in [3.63, 3.8) is 0 Å². The molecule has 3 heteroatoms. The van der Waals surface area contributed by atoms with E-state index in [2.05, 4.69) is 15.9 Å². The summed E-state index contributed by atoms with van der Waals surface area (Å²) < 4.78 is 0. The monoisotopic (exact) mass is 268 g/mol. The Bertz CT molecular complexity index is 385. The Balaban J connectivity index is 3.18. The van der Waals surface area contributed by atoms with Gasteiger partial charge in [-0.3, -0.25) is 9.59 Å². The van der Waals surface area contributed by atoms with E-state index in [1.54, 1.807) is 0 Å². The number of aryl methyl sites for hydroxylation is 1. The van der Waals surface area contributed by atoms with E-state index in [1.165, 1.54) is 6.92 Å². The molecule has 1 rings (SSSR count). The van der Waals surface area contributed by atoms with Crippen LogP contribution in [-0.4, -0.2) is 12.1 Å². The van der Waals surface area contributed by atoms with Crippen LogP contribution in [0.5, 0.6) is 0 Å². The number of halogens is 1. The molecule has 0 bridgehead atoms. The lowest BCUT2D eigenvalue weighted by Gasteiger charge is -2.10. The lowest BCUT2D eigenvalue weighted by atomic mass is 10.00. The van der Waals surface area contributed by atoms with Gasteiger partial charge >= 0.3 is 0 Å². The normalized spacial score (nSPS) is 12.2. The predicted molar refractivity (Wildman–Crippen MR) is 63.6 cm³/mol. The Morgan fingerprint density at radius 2 is 2.20 bits per heavy atom. The number of carbonyl (C=O) groups is 2. The summed E-state index contributed by atoms with van der Waals surface area (Å²) in [7, 11) is 0. The van der Waals surface area contributed by atoms with Gasteiger partial charge in [0, 0.05) is 5.56 Å². The van der Waals surface area contributed by atoms with E-state index < -0.39 is 0 Å². The van der Waals surface area contributed by atoms with Crippen LogP contribution in [0.2, 0.25) is 0 Å². The van der Waals surface area contributed by atoms with Crippen LogP contribution in [0.1, 0.15) is 40.2 Å². The quantitative estimate of drug-likeness (QED) is 0.621. The Hall–Kier alpha value is -0.960. The van der Waals surface area contributed by atoms with Gasteiger partial charge in [-0.05, 0) is 30.5 Å². The summed E-state index contributed by atoms with van der Waals surface area (Å²) in [6.45, 7) is 3.53. The van der Waals surface area contributed by atoms with Crippen LogP contribution in [-0.2, 0) is 11.2 Å². The van der Waals surface area contributed by atoms with Gasteiger partial charge in [-0.2, -0.15) is 0 Å². The zero-order chi connectivity index (χ0) is 11.4. The summed E-state index contributed by atoms with van der Waals surface area (Å²) in [6.07, 6.45) is 1.68. The molecule has 80 valence electrons. The molecule has 0 heterocycles. The summed E-state index contributed by atoms with van der Waals surface area (Å²) in [5.74, 6) is 0.00217. The van der Waals surface area contributed by atoms with Crippen LogP contribution in [0, 0.1) is 0 Å². The number of ketones is 1. The van der Waals surface area contributed by atoms with Crippen molar-refractivity contribution >= 4 is 28.0 Å². The predicted octanol–water partition coefficient (Wildman–Crippen LogP) is 3.09. The van der Waals surface area contributed by atoms with Crippen molar-refractivity contribution in [2.75, 3.05) is 0 Å². The fourth-order valence-corrected chi connectivity index (χ4v) is 1.81. The second-order valence-corrected chi connectivity index (χ2v) is 4.32. The maximum Gasteiger partial charge on any atom is 0.150 e. The molecular formula is C12H13BrO2. The molecule has 1 unspecified atom stereocenters. The molecule has 0 saturated heterocycles. The molecule has 1 aromatic carbocycles. The molecule has 0 amide bonds. The molecule has 0 spiro atoms. The number of carbonyl (C=O) groups excluding carboxylic acids is 2. The minimum absolute atomic E-state index is 0.00217. The number of aldehydes is 1. The molecule has 15 heavy (non-hydrogen) atoms. The van der Waals surface area contributed by atoms with Crippen molar-refractivity contribution in [3.8, 4) is 0 Å². The lowest BCUT2D eigenvalue weighted by molar-refractivity contribution is -0.116. The highest BCUT2D eigenvalue weighted by Gasteiger charge is 2.16. The summed E-state index contributed by atoms with van der Waals surface area (Å²) >= 11 is 3.28. The number of Topliss-reactive ketones (excluding diaryl/α,β-unsaturated/α-hetero) is 1. The first-order chi connectivity index (χ1) is 7.10. The third kappa shape index (κ3) is 2.75. The van der Waals surface area contributed by atoms with Crippen molar-refractivity contribution in [3.05, 3.63) is 34.9 Å². The topological polar surface area (TPSA) is 34.1 Å². The summed E-state index contributed by atoms with van der Waals surface area (Å²) in [5.41, 5.74) is 2.44. The van der Waals surface area contributed by atoms with E-state index in [1.807, 2.05) is 25.1 Å². The van der Waals surface area contributed by atoms with Crippen LogP contribution in [0.4, 0.5) is 0 Å². The minimum Gasteiger partial charge on any atom is -0.298 e. The van der Waals surface area contributed by atoms with Gasteiger partial charge in [-0.25, -0.2) is 0 Å². The van der Waals surface area contributed by atoms with Crippen LogP contribution < -0.4 is 0 Å². The van der Waals surface area contributed by atoms with Crippen molar-refractivity contribution < 1.29 is 9.59 Å².